The monoisotopic (exact) mass is 380 g/mol. The first kappa shape index (κ1) is 18.8. The lowest BCUT2D eigenvalue weighted by molar-refractivity contribution is -0.0694. The summed E-state index contributed by atoms with van der Waals surface area (Å²) >= 11 is 0. The number of aryl methyl sites for hydroxylation is 1. The van der Waals surface area contributed by atoms with E-state index in [-0.39, 0.29) is 18.2 Å². The molecule has 1 aliphatic heterocycles. The fraction of sp³-hybridized carbons (Fsp3) is 0.435. The molecular weight excluding hydrogens is 352 g/mol. The van der Waals surface area contributed by atoms with Crippen LogP contribution in [0.4, 0.5) is 10.5 Å². The van der Waals surface area contributed by atoms with Gasteiger partial charge >= 0.3 is 6.03 Å². The number of carbonyl (C=O) groups is 1. The van der Waals surface area contributed by atoms with Gasteiger partial charge in [0.15, 0.2) is 0 Å². The predicted octanol–water partition coefficient (Wildman–Crippen LogP) is 4.75. The molecule has 4 rings (SSSR count). The molecule has 1 saturated heterocycles. The van der Waals surface area contributed by atoms with E-state index in [0.717, 1.165) is 30.4 Å². The number of carbonyl (C=O) groups excluding carboxylic acids is 1. The smallest absolute Gasteiger partial charge is 0.322 e. The van der Waals surface area contributed by atoms with Crippen molar-refractivity contribution >= 4 is 11.7 Å². The van der Waals surface area contributed by atoms with Gasteiger partial charge < -0.3 is 19.7 Å². The highest BCUT2D eigenvalue weighted by Gasteiger charge is 2.36. The number of urea groups is 1. The van der Waals surface area contributed by atoms with Crippen molar-refractivity contribution in [2.24, 2.45) is 0 Å². The van der Waals surface area contributed by atoms with Gasteiger partial charge in [-0.3, -0.25) is 0 Å². The number of ether oxygens (including phenoxy) is 2. The quantitative estimate of drug-likeness (QED) is 0.833. The first-order valence-electron chi connectivity index (χ1n) is 10.2. The third-order valence-electron chi connectivity index (χ3n) is 5.61. The van der Waals surface area contributed by atoms with E-state index >= 15 is 0 Å². The number of hydrogen-bond donors (Lipinski definition) is 1. The second-order valence-electron chi connectivity index (χ2n) is 7.66. The summed E-state index contributed by atoms with van der Waals surface area (Å²) in [5.74, 6) is 0.700. The molecule has 2 atom stereocenters. The van der Waals surface area contributed by atoms with E-state index in [9.17, 15) is 4.79 Å². The van der Waals surface area contributed by atoms with Crippen molar-refractivity contribution in [3.8, 4) is 5.75 Å². The van der Waals surface area contributed by atoms with Crippen LogP contribution in [0.5, 0.6) is 5.75 Å². The fourth-order valence-electron chi connectivity index (χ4n) is 4.12. The molecule has 5 heteroatoms. The normalized spacial score (nSPS) is 21.7. The van der Waals surface area contributed by atoms with Gasteiger partial charge in [0.1, 0.15) is 12.4 Å². The van der Waals surface area contributed by atoms with Crippen LogP contribution in [0.25, 0.3) is 0 Å². The minimum atomic E-state index is -0.0615. The molecule has 148 valence electrons. The Balaban J connectivity index is 1.47. The van der Waals surface area contributed by atoms with Crippen molar-refractivity contribution < 1.29 is 14.3 Å². The highest BCUT2D eigenvalue weighted by Crippen LogP contribution is 2.31. The topological polar surface area (TPSA) is 50.8 Å². The van der Waals surface area contributed by atoms with Crippen LogP contribution >= 0.6 is 0 Å². The SMILES string of the molecule is Cc1ccc(NC(=O)N2CCOC3CCCCC32)c(OCc2ccccc2)c1. The highest BCUT2D eigenvalue weighted by atomic mass is 16.5. The Kier molecular flexibility index (Phi) is 5.81. The van der Waals surface area contributed by atoms with Crippen LogP contribution in [0, 0.1) is 6.92 Å². The molecule has 0 bridgehead atoms. The lowest BCUT2D eigenvalue weighted by Crippen LogP contribution is -2.56. The lowest BCUT2D eigenvalue weighted by Gasteiger charge is -2.43. The third-order valence-corrected chi connectivity index (χ3v) is 5.61. The average molecular weight is 380 g/mol. The van der Waals surface area contributed by atoms with Gasteiger partial charge in [0.25, 0.3) is 0 Å². The Morgan fingerprint density at radius 1 is 1.18 bits per heavy atom. The number of hydrogen-bond acceptors (Lipinski definition) is 3. The van der Waals surface area contributed by atoms with Gasteiger partial charge in [-0.2, -0.15) is 0 Å². The van der Waals surface area contributed by atoms with Crippen LogP contribution in [0.15, 0.2) is 48.5 Å². The van der Waals surface area contributed by atoms with E-state index < -0.39 is 0 Å². The largest absolute Gasteiger partial charge is 0.487 e. The number of amides is 2. The van der Waals surface area contributed by atoms with Crippen molar-refractivity contribution in [2.45, 2.75) is 51.4 Å². The summed E-state index contributed by atoms with van der Waals surface area (Å²) in [5, 5.41) is 3.08. The van der Waals surface area contributed by atoms with Crippen LogP contribution in [0.3, 0.4) is 0 Å². The van der Waals surface area contributed by atoms with Gasteiger partial charge in [-0.05, 0) is 43.0 Å². The Morgan fingerprint density at radius 2 is 2.00 bits per heavy atom. The highest BCUT2D eigenvalue weighted by molar-refractivity contribution is 5.91. The molecular formula is C23H28N2O3. The van der Waals surface area contributed by atoms with Gasteiger partial charge in [0.2, 0.25) is 0 Å². The molecule has 1 heterocycles. The van der Waals surface area contributed by atoms with Gasteiger partial charge in [-0.15, -0.1) is 0 Å². The predicted molar refractivity (Wildman–Crippen MR) is 110 cm³/mol. The molecule has 5 nitrogen and oxygen atoms in total. The van der Waals surface area contributed by atoms with Gasteiger partial charge in [-0.1, -0.05) is 49.2 Å². The van der Waals surface area contributed by atoms with Crippen molar-refractivity contribution in [3.63, 3.8) is 0 Å². The number of morpholine rings is 1. The third kappa shape index (κ3) is 4.30. The van der Waals surface area contributed by atoms with E-state index in [0.29, 0.717) is 31.2 Å². The number of rotatable bonds is 4. The number of benzene rings is 2. The maximum Gasteiger partial charge on any atom is 0.322 e. The lowest BCUT2D eigenvalue weighted by atomic mass is 9.90. The first-order valence-corrected chi connectivity index (χ1v) is 10.2. The number of anilines is 1. The average Bonchev–Trinajstić information content (AvgIpc) is 2.74. The molecule has 28 heavy (non-hydrogen) atoms. The summed E-state index contributed by atoms with van der Waals surface area (Å²) < 4.78 is 11.9. The maximum absolute atomic E-state index is 13.0. The molecule has 2 unspecified atom stereocenters. The Labute approximate surface area is 166 Å². The van der Waals surface area contributed by atoms with Crippen LogP contribution < -0.4 is 10.1 Å². The molecule has 2 aromatic rings. The summed E-state index contributed by atoms with van der Waals surface area (Å²) in [5.41, 5.74) is 2.91. The zero-order valence-electron chi connectivity index (χ0n) is 16.4. The molecule has 0 spiro atoms. The van der Waals surface area contributed by atoms with Gasteiger partial charge in [-0.25, -0.2) is 4.79 Å². The van der Waals surface area contributed by atoms with Crippen molar-refractivity contribution in [1.29, 1.82) is 0 Å². The van der Waals surface area contributed by atoms with Crippen molar-refractivity contribution in [2.75, 3.05) is 18.5 Å². The molecule has 0 aromatic heterocycles. The summed E-state index contributed by atoms with van der Waals surface area (Å²) in [6.45, 7) is 3.74. The molecule has 2 aliphatic rings. The van der Waals surface area contributed by atoms with Gasteiger partial charge in [0.05, 0.1) is 24.4 Å². The molecule has 2 amide bonds. The van der Waals surface area contributed by atoms with E-state index in [1.54, 1.807) is 0 Å². The number of nitrogens with zero attached hydrogens (tertiary/aromatic N) is 1. The Hall–Kier alpha value is -2.53. The standard InChI is InChI=1S/C23H28N2O3/c1-17-11-12-19(22(15-17)28-16-18-7-3-2-4-8-18)24-23(26)25-13-14-27-21-10-6-5-9-20(21)25/h2-4,7-8,11-12,15,20-21H,5-6,9-10,13-14,16H2,1H3,(H,24,26). The minimum Gasteiger partial charge on any atom is -0.487 e. The summed E-state index contributed by atoms with van der Waals surface area (Å²) in [6.07, 6.45) is 4.59. The number of nitrogens with one attached hydrogen (secondary N) is 1. The van der Waals surface area contributed by atoms with Gasteiger partial charge in [0, 0.05) is 6.54 Å². The zero-order chi connectivity index (χ0) is 19.3. The molecule has 1 saturated carbocycles. The molecule has 2 fully saturated rings. The molecule has 1 N–H and O–H groups in total. The van der Waals surface area contributed by atoms with Crippen LogP contribution in [0.2, 0.25) is 0 Å². The van der Waals surface area contributed by atoms with E-state index in [1.807, 2.05) is 60.4 Å². The van der Waals surface area contributed by atoms with E-state index in [1.165, 1.54) is 6.42 Å². The minimum absolute atomic E-state index is 0.0615. The van der Waals surface area contributed by atoms with Crippen LogP contribution in [-0.4, -0.2) is 36.2 Å². The Morgan fingerprint density at radius 3 is 2.86 bits per heavy atom. The Bertz CT molecular complexity index is 807. The van der Waals surface area contributed by atoms with Crippen molar-refractivity contribution in [1.82, 2.24) is 4.90 Å². The number of fused-ring (bicyclic) bond motifs is 1. The fourth-order valence-corrected chi connectivity index (χ4v) is 4.12. The van der Waals surface area contributed by atoms with E-state index in [2.05, 4.69) is 5.32 Å². The first-order chi connectivity index (χ1) is 13.7. The maximum atomic E-state index is 13.0. The molecule has 0 radical (unpaired) electrons. The van der Waals surface area contributed by atoms with Crippen LogP contribution in [-0.2, 0) is 11.3 Å². The van der Waals surface area contributed by atoms with Crippen molar-refractivity contribution in [3.05, 3.63) is 59.7 Å². The molecule has 2 aromatic carbocycles. The zero-order valence-corrected chi connectivity index (χ0v) is 16.4. The van der Waals surface area contributed by atoms with Crippen LogP contribution in [0.1, 0.15) is 36.8 Å². The summed E-state index contributed by atoms with van der Waals surface area (Å²) in [7, 11) is 0. The second kappa shape index (κ2) is 8.65. The second-order valence-corrected chi connectivity index (χ2v) is 7.66. The molecule has 1 aliphatic carbocycles. The summed E-state index contributed by atoms with van der Waals surface area (Å²) in [4.78, 5) is 15.0. The van der Waals surface area contributed by atoms with E-state index in [4.69, 9.17) is 9.47 Å². The summed E-state index contributed by atoms with van der Waals surface area (Å²) in [6, 6.07) is 16.1.